The van der Waals surface area contributed by atoms with Gasteiger partial charge in [0.2, 0.25) is 5.91 Å². The number of hydrogen-bond acceptors (Lipinski definition) is 4. The minimum absolute atomic E-state index is 0.0190. The maximum absolute atomic E-state index is 11.1. The maximum atomic E-state index is 11.1. The smallest absolute Gasteiger partial charge is 0.308 e. The molecule has 1 saturated heterocycles. The van der Waals surface area contributed by atoms with E-state index in [-0.39, 0.29) is 31.5 Å². The molecule has 1 aliphatic heterocycles. The molecule has 1 rings (SSSR count). The second-order valence-corrected chi connectivity index (χ2v) is 3.15. The molecule has 0 N–H and O–H groups in total. The van der Waals surface area contributed by atoms with Crippen molar-refractivity contribution in [1.29, 1.82) is 0 Å². The number of ether oxygens (including phenoxy) is 1. The van der Waals surface area contributed by atoms with Crippen LogP contribution in [0.2, 0.25) is 0 Å². The Bertz CT molecular complexity index is 252. The van der Waals surface area contributed by atoms with Crippen LogP contribution in [0.1, 0.15) is 19.3 Å². The lowest BCUT2D eigenvalue weighted by molar-refractivity contribution is -0.180. The van der Waals surface area contributed by atoms with Gasteiger partial charge in [-0.15, -0.1) is 0 Å². The van der Waals surface area contributed by atoms with Gasteiger partial charge in [0, 0.05) is 13.0 Å². The van der Waals surface area contributed by atoms with Crippen molar-refractivity contribution in [3.8, 4) is 0 Å². The van der Waals surface area contributed by atoms with Crippen LogP contribution in [0, 0.1) is 0 Å². The summed E-state index contributed by atoms with van der Waals surface area (Å²) in [6.07, 6.45) is 3.00. The molecule has 0 saturated carbocycles. The number of carbonyl (C=O) groups is 2. The Morgan fingerprint density at radius 3 is 3.00 bits per heavy atom. The zero-order valence-corrected chi connectivity index (χ0v) is 8.61. The summed E-state index contributed by atoms with van der Waals surface area (Å²) in [5, 5.41) is 1.31. The highest BCUT2D eigenvalue weighted by Gasteiger charge is 2.20. The van der Waals surface area contributed by atoms with Crippen molar-refractivity contribution in [3.63, 3.8) is 0 Å². The van der Waals surface area contributed by atoms with Gasteiger partial charge < -0.3 is 4.74 Å². The van der Waals surface area contributed by atoms with Gasteiger partial charge in [-0.25, -0.2) is 5.06 Å². The van der Waals surface area contributed by atoms with Crippen LogP contribution in [0.5, 0.6) is 0 Å². The van der Waals surface area contributed by atoms with E-state index in [1.165, 1.54) is 11.1 Å². The molecule has 5 heteroatoms. The summed E-state index contributed by atoms with van der Waals surface area (Å²) < 4.78 is 4.74. The predicted octanol–water partition coefficient (Wildman–Crippen LogP) is 0.660. The third-order valence-corrected chi connectivity index (χ3v) is 1.95. The van der Waals surface area contributed by atoms with Crippen molar-refractivity contribution in [2.75, 3.05) is 19.8 Å². The van der Waals surface area contributed by atoms with Crippen LogP contribution in [0.4, 0.5) is 0 Å². The van der Waals surface area contributed by atoms with Crippen molar-refractivity contribution < 1.29 is 19.2 Å². The van der Waals surface area contributed by atoms with Crippen LogP contribution in [0.25, 0.3) is 0 Å². The van der Waals surface area contributed by atoms with E-state index in [0.717, 1.165) is 6.42 Å². The Morgan fingerprint density at radius 2 is 2.40 bits per heavy atom. The average Bonchev–Trinajstić information content (AvgIpc) is 2.61. The zero-order chi connectivity index (χ0) is 11.1. The van der Waals surface area contributed by atoms with Crippen LogP contribution in [0.3, 0.4) is 0 Å². The van der Waals surface area contributed by atoms with Gasteiger partial charge in [-0.1, -0.05) is 12.7 Å². The lowest BCUT2D eigenvalue weighted by atomic mass is 10.4. The molecule has 5 nitrogen and oxygen atoms in total. The van der Waals surface area contributed by atoms with Crippen LogP contribution >= 0.6 is 0 Å². The van der Waals surface area contributed by atoms with Crippen LogP contribution in [0.15, 0.2) is 12.7 Å². The summed E-state index contributed by atoms with van der Waals surface area (Å²) >= 11 is 0. The number of hydrogen-bond donors (Lipinski definition) is 0. The minimum atomic E-state index is -0.346. The van der Waals surface area contributed by atoms with Crippen molar-refractivity contribution in [1.82, 2.24) is 5.06 Å². The highest BCUT2D eigenvalue weighted by molar-refractivity contribution is 5.76. The third kappa shape index (κ3) is 4.12. The van der Waals surface area contributed by atoms with E-state index >= 15 is 0 Å². The van der Waals surface area contributed by atoms with Crippen molar-refractivity contribution in [2.45, 2.75) is 19.3 Å². The highest BCUT2D eigenvalue weighted by Crippen LogP contribution is 2.09. The first-order valence-electron chi connectivity index (χ1n) is 4.94. The fourth-order valence-electron chi connectivity index (χ4n) is 1.22. The van der Waals surface area contributed by atoms with Crippen molar-refractivity contribution in [3.05, 3.63) is 12.7 Å². The molecule has 1 aliphatic rings. The lowest BCUT2D eigenvalue weighted by Crippen LogP contribution is -2.26. The molecule has 1 fully saturated rings. The Kier molecular flexibility index (Phi) is 4.83. The van der Waals surface area contributed by atoms with Crippen molar-refractivity contribution >= 4 is 11.9 Å². The molecule has 0 aliphatic carbocycles. The second-order valence-electron chi connectivity index (χ2n) is 3.15. The van der Waals surface area contributed by atoms with Crippen LogP contribution < -0.4 is 0 Å². The number of carbonyl (C=O) groups excluding carboxylic acids is 2. The van der Waals surface area contributed by atoms with Gasteiger partial charge in [0.15, 0.2) is 0 Å². The van der Waals surface area contributed by atoms with Crippen LogP contribution in [-0.4, -0.2) is 36.7 Å². The fourth-order valence-corrected chi connectivity index (χ4v) is 1.22. The molecule has 0 spiro atoms. The maximum Gasteiger partial charge on any atom is 0.308 e. The van der Waals surface area contributed by atoms with Gasteiger partial charge in [-0.05, 0) is 6.42 Å². The monoisotopic (exact) mass is 213 g/mol. The predicted molar refractivity (Wildman–Crippen MR) is 52.7 cm³/mol. The fraction of sp³-hybridized carbons (Fsp3) is 0.600. The summed E-state index contributed by atoms with van der Waals surface area (Å²) in [7, 11) is 0. The SMILES string of the molecule is C=CCOC(=O)CCON1CCCC1=O. The second kappa shape index (κ2) is 6.19. The Morgan fingerprint density at radius 1 is 1.60 bits per heavy atom. The lowest BCUT2D eigenvalue weighted by Gasteiger charge is -2.14. The standard InChI is InChI=1S/C10H15NO4/c1-2-7-14-10(13)5-8-15-11-6-3-4-9(11)12/h2H,1,3-8H2. The summed E-state index contributed by atoms with van der Waals surface area (Å²) in [4.78, 5) is 27.2. The summed E-state index contributed by atoms with van der Waals surface area (Å²) in [6, 6.07) is 0. The molecule has 0 bridgehead atoms. The number of rotatable bonds is 6. The molecular formula is C10H15NO4. The van der Waals surface area contributed by atoms with E-state index in [2.05, 4.69) is 6.58 Å². The van der Waals surface area contributed by atoms with E-state index in [4.69, 9.17) is 9.57 Å². The van der Waals surface area contributed by atoms with Crippen molar-refractivity contribution in [2.24, 2.45) is 0 Å². The number of amides is 1. The summed E-state index contributed by atoms with van der Waals surface area (Å²) in [5.41, 5.74) is 0. The van der Waals surface area contributed by atoms with E-state index in [1.807, 2.05) is 0 Å². The molecule has 0 atom stereocenters. The normalized spacial score (nSPS) is 15.5. The molecule has 0 aromatic carbocycles. The molecule has 1 amide bonds. The highest BCUT2D eigenvalue weighted by atomic mass is 16.7. The molecular weight excluding hydrogens is 198 g/mol. The zero-order valence-electron chi connectivity index (χ0n) is 8.61. The third-order valence-electron chi connectivity index (χ3n) is 1.95. The topological polar surface area (TPSA) is 55.8 Å². The van der Waals surface area contributed by atoms with E-state index in [9.17, 15) is 9.59 Å². The summed E-state index contributed by atoms with van der Waals surface area (Å²) in [6.45, 7) is 4.43. The molecule has 84 valence electrons. The summed E-state index contributed by atoms with van der Waals surface area (Å²) in [5.74, 6) is -0.365. The number of esters is 1. The first-order chi connectivity index (χ1) is 7.24. The van der Waals surface area contributed by atoms with Crippen LogP contribution in [-0.2, 0) is 19.2 Å². The quantitative estimate of drug-likeness (QED) is 0.480. The molecule has 15 heavy (non-hydrogen) atoms. The first-order valence-corrected chi connectivity index (χ1v) is 4.94. The van der Waals surface area contributed by atoms with Gasteiger partial charge in [0.25, 0.3) is 0 Å². The molecule has 0 aromatic heterocycles. The average molecular weight is 213 g/mol. The first kappa shape index (κ1) is 11.7. The van der Waals surface area contributed by atoms with Gasteiger partial charge in [0.05, 0.1) is 13.0 Å². The Hall–Kier alpha value is -1.36. The number of hydroxylamine groups is 2. The van der Waals surface area contributed by atoms with E-state index in [0.29, 0.717) is 13.0 Å². The van der Waals surface area contributed by atoms with Gasteiger partial charge in [0.1, 0.15) is 6.61 Å². The molecule has 0 unspecified atom stereocenters. The molecule has 1 heterocycles. The number of nitrogens with zero attached hydrogens (tertiary/aromatic N) is 1. The largest absolute Gasteiger partial charge is 0.461 e. The minimum Gasteiger partial charge on any atom is -0.461 e. The Labute approximate surface area is 88.6 Å². The molecule has 0 radical (unpaired) electrons. The van der Waals surface area contributed by atoms with E-state index < -0.39 is 0 Å². The van der Waals surface area contributed by atoms with Gasteiger partial charge >= 0.3 is 5.97 Å². The van der Waals surface area contributed by atoms with E-state index in [1.54, 1.807) is 0 Å². The Balaban J connectivity index is 2.07. The molecule has 0 aromatic rings. The van der Waals surface area contributed by atoms with Gasteiger partial charge in [-0.2, -0.15) is 0 Å². The van der Waals surface area contributed by atoms with Gasteiger partial charge in [-0.3, -0.25) is 14.4 Å².